The zero-order chi connectivity index (χ0) is 19.6. The van der Waals surface area contributed by atoms with Crippen molar-refractivity contribution in [1.29, 1.82) is 0 Å². The van der Waals surface area contributed by atoms with E-state index in [0.717, 1.165) is 22.8 Å². The number of nitrogens with one attached hydrogen (secondary N) is 1. The SMILES string of the molecule is O=S(=O)(c1ccc2ccccc2c1)N1CC(S)CC1CNCc1cccnc1. The summed E-state index contributed by atoms with van der Waals surface area (Å²) in [5.41, 5.74) is 1.08. The van der Waals surface area contributed by atoms with Crippen LogP contribution >= 0.6 is 12.6 Å². The quantitative estimate of drug-likeness (QED) is 0.610. The summed E-state index contributed by atoms with van der Waals surface area (Å²) in [7, 11) is -3.58. The third kappa shape index (κ3) is 4.07. The Labute approximate surface area is 171 Å². The third-order valence-electron chi connectivity index (χ3n) is 5.10. The number of fused-ring (bicyclic) bond motifs is 1. The van der Waals surface area contributed by atoms with Gasteiger partial charge in [0.05, 0.1) is 4.90 Å². The predicted octanol–water partition coefficient (Wildman–Crippen LogP) is 3.09. The molecule has 0 aliphatic carbocycles. The van der Waals surface area contributed by atoms with Crippen molar-refractivity contribution in [1.82, 2.24) is 14.6 Å². The van der Waals surface area contributed by atoms with Crippen LogP contribution in [0.15, 0.2) is 71.9 Å². The molecule has 1 aliphatic rings. The molecule has 0 spiro atoms. The highest BCUT2D eigenvalue weighted by atomic mass is 32.2. The van der Waals surface area contributed by atoms with Gasteiger partial charge in [-0.05, 0) is 41.0 Å². The summed E-state index contributed by atoms with van der Waals surface area (Å²) in [4.78, 5) is 4.45. The molecule has 1 fully saturated rings. The molecule has 1 aromatic heterocycles. The number of pyridine rings is 1. The summed E-state index contributed by atoms with van der Waals surface area (Å²) in [5, 5.41) is 5.37. The summed E-state index contributed by atoms with van der Waals surface area (Å²) in [6, 6.07) is 16.9. The van der Waals surface area contributed by atoms with E-state index in [1.54, 1.807) is 22.6 Å². The van der Waals surface area contributed by atoms with E-state index < -0.39 is 10.0 Å². The van der Waals surface area contributed by atoms with Gasteiger partial charge in [-0.1, -0.05) is 36.4 Å². The van der Waals surface area contributed by atoms with E-state index in [-0.39, 0.29) is 11.3 Å². The van der Waals surface area contributed by atoms with Gasteiger partial charge in [-0.15, -0.1) is 0 Å². The Morgan fingerprint density at radius 1 is 1.11 bits per heavy atom. The number of rotatable bonds is 6. The molecule has 146 valence electrons. The van der Waals surface area contributed by atoms with Crippen LogP contribution in [-0.2, 0) is 16.6 Å². The summed E-state index contributed by atoms with van der Waals surface area (Å²) < 4.78 is 28.2. The van der Waals surface area contributed by atoms with E-state index in [0.29, 0.717) is 24.5 Å². The zero-order valence-corrected chi connectivity index (χ0v) is 17.1. The number of sulfonamides is 1. The number of hydrogen-bond donors (Lipinski definition) is 2. The largest absolute Gasteiger partial charge is 0.311 e. The van der Waals surface area contributed by atoms with Gasteiger partial charge < -0.3 is 5.32 Å². The van der Waals surface area contributed by atoms with Gasteiger partial charge in [0.25, 0.3) is 0 Å². The lowest BCUT2D eigenvalue weighted by atomic mass is 10.1. The Hall–Kier alpha value is -1.93. The molecule has 3 aromatic rings. The summed E-state index contributed by atoms with van der Waals surface area (Å²) in [6.45, 7) is 1.67. The van der Waals surface area contributed by atoms with Gasteiger partial charge in [0.1, 0.15) is 0 Å². The first-order chi connectivity index (χ1) is 13.5. The van der Waals surface area contributed by atoms with E-state index in [1.807, 2.05) is 48.7 Å². The van der Waals surface area contributed by atoms with Crippen LogP contribution in [0.4, 0.5) is 0 Å². The van der Waals surface area contributed by atoms with Crippen molar-refractivity contribution in [2.45, 2.75) is 29.2 Å². The van der Waals surface area contributed by atoms with Crippen molar-refractivity contribution in [3.05, 3.63) is 72.6 Å². The van der Waals surface area contributed by atoms with Gasteiger partial charge in [-0.25, -0.2) is 8.42 Å². The fraction of sp³-hybridized carbons (Fsp3) is 0.286. The molecular formula is C21H23N3O2S2. The van der Waals surface area contributed by atoms with Crippen LogP contribution in [0.5, 0.6) is 0 Å². The van der Waals surface area contributed by atoms with Crippen molar-refractivity contribution < 1.29 is 8.42 Å². The molecule has 7 heteroatoms. The molecule has 5 nitrogen and oxygen atoms in total. The normalized spacial score (nSPS) is 20.6. The second-order valence-corrected chi connectivity index (χ2v) is 9.74. The molecule has 0 saturated carbocycles. The fourth-order valence-corrected chi connectivity index (χ4v) is 5.94. The van der Waals surface area contributed by atoms with Crippen LogP contribution in [-0.4, -0.2) is 42.1 Å². The van der Waals surface area contributed by atoms with E-state index >= 15 is 0 Å². The first-order valence-corrected chi connectivity index (χ1v) is 11.3. The molecule has 1 aliphatic heterocycles. The van der Waals surface area contributed by atoms with E-state index in [2.05, 4.69) is 22.9 Å². The van der Waals surface area contributed by atoms with Gasteiger partial charge in [0.15, 0.2) is 0 Å². The van der Waals surface area contributed by atoms with Gasteiger partial charge in [-0.3, -0.25) is 4.98 Å². The Bertz CT molecular complexity index is 1060. The van der Waals surface area contributed by atoms with Crippen LogP contribution in [0.2, 0.25) is 0 Å². The molecule has 0 radical (unpaired) electrons. The minimum absolute atomic E-state index is 0.0421. The lowest BCUT2D eigenvalue weighted by molar-refractivity contribution is 0.371. The first kappa shape index (κ1) is 19.4. The predicted molar refractivity (Wildman–Crippen MR) is 115 cm³/mol. The van der Waals surface area contributed by atoms with Crippen molar-refractivity contribution in [3.8, 4) is 0 Å². The maximum atomic E-state index is 13.3. The lowest BCUT2D eigenvalue weighted by Gasteiger charge is -2.24. The number of benzene rings is 2. The second-order valence-electron chi connectivity index (χ2n) is 7.12. The molecule has 0 amide bonds. The maximum Gasteiger partial charge on any atom is 0.243 e. The number of nitrogens with zero attached hydrogens (tertiary/aromatic N) is 2. The Balaban J connectivity index is 1.52. The van der Waals surface area contributed by atoms with E-state index in [9.17, 15) is 8.42 Å². The molecule has 2 unspecified atom stereocenters. The lowest BCUT2D eigenvalue weighted by Crippen LogP contribution is -2.41. The summed E-state index contributed by atoms with van der Waals surface area (Å²) >= 11 is 4.56. The van der Waals surface area contributed by atoms with Gasteiger partial charge in [0, 0.05) is 43.3 Å². The molecular weight excluding hydrogens is 390 g/mol. The molecule has 1 saturated heterocycles. The Morgan fingerprint density at radius 2 is 1.93 bits per heavy atom. The van der Waals surface area contributed by atoms with Gasteiger partial charge >= 0.3 is 0 Å². The van der Waals surface area contributed by atoms with Crippen molar-refractivity contribution >= 4 is 33.4 Å². The zero-order valence-electron chi connectivity index (χ0n) is 15.4. The number of hydrogen-bond acceptors (Lipinski definition) is 5. The van der Waals surface area contributed by atoms with E-state index in [4.69, 9.17) is 0 Å². The highest BCUT2D eigenvalue weighted by molar-refractivity contribution is 7.89. The van der Waals surface area contributed by atoms with Crippen LogP contribution in [0.1, 0.15) is 12.0 Å². The average molecular weight is 414 g/mol. The molecule has 1 N–H and O–H groups in total. The smallest absolute Gasteiger partial charge is 0.243 e. The maximum absolute atomic E-state index is 13.3. The van der Waals surface area contributed by atoms with Crippen LogP contribution in [0.3, 0.4) is 0 Å². The summed E-state index contributed by atoms with van der Waals surface area (Å²) in [6.07, 6.45) is 4.28. The Kier molecular flexibility index (Phi) is 5.68. The van der Waals surface area contributed by atoms with Gasteiger partial charge in [-0.2, -0.15) is 16.9 Å². The van der Waals surface area contributed by atoms with Crippen LogP contribution in [0, 0.1) is 0 Å². The highest BCUT2D eigenvalue weighted by Crippen LogP contribution is 2.30. The minimum atomic E-state index is -3.58. The van der Waals surface area contributed by atoms with Crippen molar-refractivity contribution in [3.63, 3.8) is 0 Å². The minimum Gasteiger partial charge on any atom is -0.311 e. The fourth-order valence-electron chi connectivity index (χ4n) is 3.69. The molecule has 2 aromatic carbocycles. The van der Waals surface area contributed by atoms with E-state index in [1.165, 1.54) is 0 Å². The van der Waals surface area contributed by atoms with Crippen molar-refractivity contribution in [2.75, 3.05) is 13.1 Å². The standard InChI is InChI=1S/C21H23N3O2S2/c25-28(26,21-8-7-17-5-1-2-6-18(17)10-21)24-15-20(27)11-19(24)14-23-13-16-4-3-9-22-12-16/h1-10,12,19-20,23,27H,11,13-15H2. The second kappa shape index (κ2) is 8.21. The highest BCUT2D eigenvalue weighted by Gasteiger charge is 2.38. The van der Waals surface area contributed by atoms with Gasteiger partial charge in [0.2, 0.25) is 10.0 Å². The molecule has 2 heterocycles. The molecule has 28 heavy (non-hydrogen) atoms. The molecule has 0 bridgehead atoms. The Morgan fingerprint density at radius 3 is 2.71 bits per heavy atom. The topological polar surface area (TPSA) is 62.3 Å². The first-order valence-electron chi connectivity index (χ1n) is 9.32. The monoisotopic (exact) mass is 413 g/mol. The molecule has 2 atom stereocenters. The third-order valence-corrected chi connectivity index (χ3v) is 7.39. The summed E-state index contributed by atoms with van der Waals surface area (Å²) in [5.74, 6) is 0. The number of aromatic nitrogens is 1. The number of thiol groups is 1. The average Bonchev–Trinajstić information content (AvgIpc) is 3.10. The van der Waals surface area contributed by atoms with Crippen LogP contribution < -0.4 is 5.32 Å². The van der Waals surface area contributed by atoms with Crippen molar-refractivity contribution in [2.24, 2.45) is 0 Å². The molecule has 4 rings (SSSR count). The van der Waals surface area contributed by atoms with Crippen LogP contribution in [0.25, 0.3) is 10.8 Å².